The molecule has 0 aliphatic heterocycles. The Morgan fingerprint density at radius 3 is 2.38 bits per heavy atom. The number of hydrogen-bond acceptors (Lipinski definition) is 4. The minimum Gasteiger partial charge on any atom is -0.303 e. The fourth-order valence-corrected chi connectivity index (χ4v) is 4.46. The lowest BCUT2D eigenvalue weighted by Crippen LogP contribution is -2.31. The van der Waals surface area contributed by atoms with E-state index in [4.69, 9.17) is 11.6 Å². The highest BCUT2D eigenvalue weighted by molar-refractivity contribution is 7.89. The van der Waals surface area contributed by atoms with Crippen LogP contribution in [0.25, 0.3) is 0 Å². The number of rotatable bonds is 6. The van der Waals surface area contributed by atoms with E-state index in [2.05, 4.69) is 0 Å². The van der Waals surface area contributed by atoms with Crippen LogP contribution in [0, 0.1) is 5.82 Å². The molecular formula is C20H18ClFN2O3S2. The molecule has 0 saturated heterocycles. The van der Waals surface area contributed by atoms with Crippen LogP contribution in [0.2, 0.25) is 5.02 Å². The van der Waals surface area contributed by atoms with E-state index in [0.717, 1.165) is 9.18 Å². The lowest BCUT2D eigenvalue weighted by atomic mass is 10.1. The number of thiophene rings is 1. The lowest BCUT2D eigenvalue weighted by Gasteiger charge is -2.23. The van der Waals surface area contributed by atoms with E-state index in [1.165, 1.54) is 72.8 Å². The summed E-state index contributed by atoms with van der Waals surface area (Å²) >= 11 is 7.72. The molecule has 1 aromatic heterocycles. The van der Waals surface area contributed by atoms with E-state index in [0.29, 0.717) is 5.69 Å². The van der Waals surface area contributed by atoms with Crippen molar-refractivity contribution < 1.29 is 17.6 Å². The number of nitrogens with zero attached hydrogens (tertiary/aromatic N) is 2. The Morgan fingerprint density at radius 2 is 1.79 bits per heavy atom. The number of halogens is 2. The van der Waals surface area contributed by atoms with Gasteiger partial charge in [-0.25, -0.2) is 17.1 Å². The van der Waals surface area contributed by atoms with Gasteiger partial charge in [0.2, 0.25) is 10.0 Å². The highest BCUT2D eigenvalue weighted by Crippen LogP contribution is 2.27. The van der Waals surface area contributed by atoms with Crippen LogP contribution in [-0.4, -0.2) is 32.7 Å². The smallest absolute Gasteiger partial charge is 0.260 e. The first-order valence-electron chi connectivity index (χ1n) is 8.52. The van der Waals surface area contributed by atoms with Crippen LogP contribution in [0.15, 0.2) is 64.9 Å². The van der Waals surface area contributed by atoms with Crippen molar-refractivity contribution in [2.45, 2.75) is 11.4 Å². The summed E-state index contributed by atoms with van der Waals surface area (Å²) in [6.45, 7) is 0.239. The molecule has 0 aliphatic rings. The molecule has 0 N–H and O–H groups in total. The molecule has 0 spiro atoms. The molecule has 1 heterocycles. The molecule has 0 radical (unpaired) electrons. The second-order valence-corrected chi connectivity index (χ2v) is 9.97. The van der Waals surface area contributed by atoms with Crippen molar-refractivity contribution in [2.24, 2.45) is 0 Å². The Morgan fingerprint density at radius 1 is 1.10 bits per heavy atom. The van der Waals surface area contributed by atoms with Gasteiger partial charge in [0, 0.05) is 24.7 Å². The van der Waals surface area contributed by atoms with E-state index < -0.39 is 21.7 Å². The Bertz CT molecular complexity index is 1120. The minimum absolute atomic E-state index is 0.0366. The van der Waals surface area contributed by atoms with Crippen molar-refractivity contribution in [3.05, 3.63) is 81.3 Å². The number of sulfonamides is 1. The maximum atomic E-state index is 13.4. The SMILES string of the molecule is CN(C)S(=O)(=O)c1ccc(Cl)c(C(=O)N(Cc2cccs2)c2ccc(F)cc2)c1. The summed E-state index contributed by atoms with van der Waals surface area (Å²) in [5.74, 6) is -0.903. The highest BCUT2D eigenvalue weighted by Gasteiger charge is 2.25. The molecule has 0 atom stereocenters. The van der Waals surface area contributed by atoms with Gasteiger partial charge < -0.3 is 4.90 Å². The predicted octanol–water partition coefficient (Wildman–Crippen LogP) is 4.64. The summed E-state index contributed by atoms with van der Waals surface area (Å²) in [6, 6.07) is 13.3. The molecule has 29 heavy (non-hydrogen) atoms. The van der Waals surface area contributed by atoms with Gasteiger partial charge in [-0.1, -0.05) is 17.7 Å². The first-order valence-corrected chi connectivity index (χ1v) is 11.2. The van der Waals surface area contributed by atoms with Gasteiger partial charge in [0.05, 0.1) is 22.0 Å². The molecular weight excluding hydrogens is 435 g/mol. The minimum atomic E-state index is -3.74. The van der Waals surface area contributed by atoms with Crippen LogP contribution in [0.3, 0.4) is 0 Å². The molecule has 3 rings (SSSR count). The Hall–Kier alpha value is -2.26. The van der Waals surface area contributed by atoms with E-state index in [-0.39, 0.29) is 22.0 Å². The van der Waals surface area contributed by atoms with E-state index in [1.54, 1.807) is 0 Å². The van der Waals surface area contributed by atoms with Crippen molar-refractivity contribution >= 4 is 44.6 Å². The largest absolute Gasteiger partial charge is 0.303 e. The third-order valence-electron chi connectivity index (χ3n) is 4.22. The van der Waals surface area contributed by atoms with E-state index in [1.807, 2.05) is 17.5 Å². The van der Waals surface area contributed by atoms with Gasteiger partial charge in [-0.05, 0) is 53.9 Å². The maximum Gasteiger partial charge on any atom is 0.260 e. The van der Waals surface area contributed by atoms with Gasteiger partial charge in [0.1, 0.15) is 5.82 Å². The number of carbonyl (C=O) groups is 1. The number of hydrogen-bond donors (Lipinski definition) is 0. The van der Waals surface area contributed by atoms with Crippen molar-refractivity contribution in [3.63, 3.8) is 0 Å². The molecule has 2 aromatic carbocycles. The first-order chi connectivity index (χ1) is 13.7. The molecule has 0 aliphatic carbocycles. The van der Waals surface area contributed by atoms with Gasteiger partial charge in [0.15, 0.2) is 0 Å². The number of anilines is 1. The molecule has 3 aromatic rings. The van der Waals surface area contributed by atoms with Crippen LogP contribution >= 0.6 is 22.9 Å². The first kappa shape index (κ1) is 21.4. The van der Waals surface area contributed by atoms with E-state index >= 15 is 0 Å². The van der Waals surface area contributed by atoms with Crippen LogP contribution in [0.1, 0.15) is 15.2 Å². The summed E-state index contributed by atoms with van der Waals surface area (Å²) in [5, 5.41) is 2.02. The molecule has 0 fully saturated rings. The van der Waals surface area contributed by atoms with Crippen molar-refractivity contribution in [1.29, 1.82) is 0 Å². The average molecular weight is 453 g/mol. The molecule has 152 valence electrons. The quantitative estimate of drug-likeness (QED) is 0.547. The van der Waals surface area contributed by atoms with Crippen LogP contribution < -0.4 is 4.90 Å². The third-order valence-corrected chi connectivity index (χ3v) is 7.23. The summed E-state index contributed by atoms with van der Waals surface area (Å²) in [7, 11) is -0.920. The number of benzene rings is 2. The normalized spacial score (nSPS) is 11.6. The monoisotopic (exact) mass is 452 g/mol. The highest BCUT2D eigenvalue weighted by atomic mass is 35.5. The summed E-state index contributed by atoms with van der Waals surface area (Å²) in [5.41, 5.74) is 0.525. The summed E-state index contributed by atoms with van der Waals surface area (Å²) in [4.78, 5) is 15.7. The van der Waals surface area contributed by atoms with Crippen molar-refractivity contribution in [2.75, 3.05) is 19.0 Å². The molecule has 5 nitrogen and oxygen atoms in total. The predicted molar refractivity (Wildman–Crippen MR) is 114 cm³/mol. The fourth-order valence-electron chi connectivity index (χ4n) is 2.64. The second-order valence-electron chi connectivity index (χ2n) is 6.38. The topological polar surface area (TPSA) is 57.7 Å². The molecule has 0 saturated carbocycles. The zero-order chi connectivity index (χ0) is 21.2. The van der Waals surface area contributed by atoms with Crippen LogP contribution in [0.5, 0.6) is 0 Å². The zero-order valence-corrected chi connectivity index (χ0v) is 18.1. The van der Waals surface area contributed by atoms with Crippen LogP contribution in [-0.2, 0) is 16.6 Å². The third kappa shape index (κ3) is 4.67. The maximum absolute atomic E-state index is 13.4. The second kappa shape index (κ2) is 8.62. The van der Waals surface area contributed by atoms with Gasteiger partial charge in [0.25, 0.3) is 5.91 Å². The Kier molecular flexibility index (Phi) is 6.38. The van der Waals surface area contributed by atoms with Gasteiger partial charge >= 0.3 is 0 Å². The Labute approximate surface area is 178 Å². The molecule has 9 heteroatoms. The molecule has 0 unspecified atom stereocenters. The summed E-state index contributed by atoms with van der Waals surface area (Å²) < 4.78 is 39.4. The van der Waals surface area contributed by atoms with Crippen molar-refractivity contribution in [3.8, 4) is 0 Å². The molecule has 1 amide bonds. The van der Waals surface area contributed by atoms with E-state index in [9.17, 15) is 17.6 Å². The standard InChI is InChI=1S/C20H18ClFN2O3S2/c1-23(2)29(26,27)17-9-10-19(21)18(12-17)20(25)24(13-16-4-3-11-28-16)15-7-5-14(22)6-8-15/h3-12H,13H2,1-2H3. The lowest BCUT2D eigenvalue weighted by molar-refractivity contribution is 0.0985. The average Bonchev–Trinajstić information content (AvgIpc) is 3.20. The number of amides is 1. The summed E-state index contributed by atoms with van der Waals surface area (Å²) in [6.07, 6.45) is 0. The zero-order valence-electron chi connectivity index (χ0n) is 15.7. The van der Waals surface area contributed by atoms with Gasteiger partial charge in [-0.3, -0.25) is 4.79 Å². The fraction of sp³-hybridized carbons (Fsp3) is 0.150. The molecule has 0 bridgehead atoms. The van der Waals surface area contributed by atoms with Gasteiger partial charge in [-0.15, -0.1) is 11.3 Å². The number of carbonyl (C=O) groups excluding carboxylic acids is 1. The van der Waals surface area contributed by atoms with Crippen LogP contribution in [0.4, 0.5) is 10.1 Å². The van der Waals surface area contributed by atoms with Gasteiger partial charge in [-0.2, -0.15) is 0 Å². The Balaban J connectivity index is 2.07. The van der Waals surface area contributed by atoms with Crippen molar-refractivity contribution in [1.82, 2.24) is 4.31 Å².